The Kier molecular flexibility index (Phi) is 6.17. The lowest BCUT2D eigenvalue weighted by Gasteiger charge is -2.20. The minimum absolute atomic E-state index is 0.0423. The molecule has 0 saturated heterocycles. The van der Waals surface area contributed by atoms with Gasteiger partial charge in [0.25, 0.3) is 0 Å². The summed E-state index contributed by atoms with van der Waals surface area (Å²) in [5.74, 6) is 0.839. The van der Waals surface area contributed by atoms with Gasteiger partial charge in [-0.05, 0) is 41.2 Å². The summed E-state index contributed by atoms with van der Waals surface area (Å²) in [4.78, 5) is 4.47. The minimum Gasteiger partial charge on any atom is -0.491 e. The van der Waals surface area contributed by atoms with Gasteiger partial charge in [-0.25, -0.2) is 0 Å². The summed E-state index contributed by atoms with van der Waals surface area (Å²) in [5, 5.41) is 3.30. The Morgan fingerprint density at radius 2 is 2.00 bits per heavy atom. The number of aromatic nitrogens is 1. The number of hydrogen-bond donors (Lipinski definition) is 1. The fourth-order valence-electron chi connectivity index (χ4n) is 2.14. The quantitative estimate of drug-likeness (QED) is 0.779. The zero-order chi connectivity index (χ0) is 15.1. The van der Waals surface area contributed by atoms with E-state index in [1.54, 1.807) is 13.3 Å². The SMILES string of the molecule is CNC(c1ccccc1OCCOC)c1ncccc1Br. The van der Waals surface area contributed by atoms with Gasteiger partial charge in [0.15, 0.2) is 0 Å². The van der Waals surface area contributed by atoms with Crippen LogP contribution in [-0.4, -0.2) is 32.4 Å². The van der Waals surface area contributed by atoms with Crippen molar-refractivity contribution in [2.75, 3.05) is 27.4 Å². The lowest BCUT2D eigenvalue weighted by Crippen LogP contribution is -2.20. The second kappa shape index (κ2) is 8.12. The lowest BCUT2D eigenvalue weighted by molar-refractivity contribution is 0.145. The molecule has 5 heteroatoms. The highest BCUT2D eigenvalue weighted by Crippen LogP contribution is 2.32. The Bertz CT molecular complexity index is 578. The first kappa shape index (κ1) is 15.9. The molecule has 0 amide bonds. The topological polar surface area (TPSA) is 43.4 Å². The summed E-state index contributed by atoms with van der Waals surface area (Å²) >= 11 is 3.56. The van der Waals surface area contributed by atoms with Crippen molar-refractivity contribution < 1.29 is 9.47 Å². The van der Waals surface area contributed by atoms with Crippen LogP contribution >= 0.6 is 15.9 Å². The van der Waals surface area contributed by atoms with Crippen LogP contribution in [0.2, 0.25) is 0 Å². The number of nitrogens with one attached hydrogen (secondary N) is 1. The van der Waals surface area contributed by atoms with Gasteiger partial charge in [0.05, 0.1) is 18.3 Å². The van der Waals surface area contributed by atoms with E-state index in [1.165, 1.54) is 0 Å². The number of hydrogen-bond acceptors (Lipinski definition) is 4. The average Bonchev–Trinajstić information content (AvgIpc) is 2.51. The van der Waals surface area contributed by atoms with Crippen LogP contribution in [-0.2, 0) is 4.74 Å². The van der Waals surface area contributed by atoms with Crippen molar-refractivity contribution >= 4 is 15.9 Å². The predicted molar refractivity (Wildman–Crippen MR) is 86.7 cm³/mol. The van der Waals surface area contributed by atoms with E-state index in [-0.39, 0.29) is 6.04 Å². The summed E-state index contributed by atoms with van der Waals surface area (Å²) in [6.07, 6.45) is 1.79. The van der Waals surface area contributed by atoms with Crippen molar-refractivity contribution in [3.8, 4) is 5.75 Å². The highest BCUT2D eigenvalue weighted by molar-refractivity contribution is 9.10. The molecule has 0 bridgehead atoms. The first-order valence-electron chi connectivity index (χ1n) is 6.76. The number of methoxy groups -OCH3 is 1. The molecule has 2 rings (SSSR count). The van der Waals surface area contributed by atoms with E-state index in [9.17, 15) is 0 Å². The Morgan fingerprint density at radius 1 is 1.19 bits per heavy atom. The summed E-state index contributed by atoms with van der Waals surface area (Å²) < 4.78 is 11.8. The van der Waals surface area contributed by atoms with E-state index in [0.29, 0.717) is 13.2 Å². The molecule has 21 heavy (non-hydrogen) atoms. The number of para-hydroxylation sites is 1. The van der Waals surface area contributed by atoms with Gasteiger partial charge in [-0.3, -0.25) is 4.98 Å². The molecule has 0 aliphatic heterocycles. The monoisotopic (exact) mass is 350 g/mol. The number of nitrogens with zero attached hydrogens (tertiary/aromatic N) is 1. The zero-order valence-electron chi connectivity index (χ0n) is 12.2. The number of rotatable bonds is 7. The van der Waals surface area contributed by atoms with E-state index in [4.69, 9.17) is 9.47 Å². The molecule has 1 aromatic carbocycles. The molecule has 1 aromatic heterocycles. The fraction of sp³-hybridized carbons (Fsp3) is 0.312. The predicted octanol–water partition coefficient (Wildman–Crippen LogP) is 3.18. The van der Waals surface area contributed by atoms with Crippen LogP contribution in [0.1, 0.15) is 17.3 Å². The van der Waals surface area contributed by atoms with Gasteiger partial charge in [-0.2, -0.15) is 0 Å². The third kappa shape index (κ3) is 4.03. The van der Waals surface area contributed by atoms with Crippen molar-refractivity contribution in [2.24, 2.45) is 0 Å². The Balaban J connectivity index is 2.32. The molecule has 1 atom stereocenters. The second-order valence-electron chi connectivity index (χ2n) is 4.47. The molecule has 0 spiro atoms. The van der Waals surface area contributed by atoms with Crippen LogP contribution in [0.4, 0.5) is 0 Å². The first-order valence-corrected chi connectivity index (χ1v) is 7.55. The number of halogens is 1. The summed E-state index contributed by atoms with van der Waals surface area (Å²) in [6, 6.07) is 11.8. The third-order valence-electron chi connectivity index (χ3n) is 3.12. The maximum absolute atomic E-state index is 5.81. The van der Waals surface area contributed by atoms with Gasteiger partial charge in [-0.15, -0.1) is 0 Å². The molecule has 0 radical (unpaired) electrons. The summed E-state index contributed by atoms with van der Waals surface area (Å²) in [7, 11) is 3.58. The standard InChI is InChI=1S/C16H19BrN2O2/c1-18-15(16-13(17)7-5-9-19-16)12-6-3-4-8-14(12)21-11-10-20-2/h3-9,15,18H,10-11H2,1-2H3. The second-order valence-corrected chi connectivity index (χ2v) is 5.33. The highest BCUT2D eigenvalue weighted by Gasteiger charge is 2.19. The van der Waals surface area contributed by atoms with Crippen molar-refractivity contribution in [3.63, 3.8) is 0 Å². The lowest BCUT2D eigenvalue weighted by atomic mass is 10.0. The number of benzene rings is 1. The Hall–Kier alpha value is -1.43. The Morgan fingerprint density at radius 3 is 2.71 bits per heavy atom. The molecule has 4 nitrogen and oxygen atoms in total. The van der Waals surface area contributed by atoms with Gasteiger partial charge >= 0.3 is 0 Å². The Labute approximate surface area is 133 Å². The smallest absolute Gasteiger partial charge is 0.124 e. The molecule has 2 aromatic rings. The summed E-state index contributed by atoms with van der Waals surface area (Å²) in [5.41, 5.74) is 1.98. The molecular weight excluding hydrogens is 332 g/mol. The van der Waals surface area contributed by atoms with E-state index in [1.807, 2.05) is 43.4 Å². The molecular formula is C16H19BrN2O2. The highest BCUT2D eigenvalue weighted by atomic mass is 79.9. The van der Waals surface area contributed by atoms with Crippen LogP contribution in [0.25, 0.3) is 0 Å². The molecule has 0 aliphatic rings. The van der Waals surface area contributed by atoms with E-state index < -0.39 is 0 Å². The first-order chi connectivity index (χ1) is 10.3. The zero-order valence-corrected chi connectivity index (χ0v) is 13.8. The van der Waals surface area contributed by atoms with Crippen molar-refractivity contribution in [2.45, 2.75) is 6.04 Å². The molecule has 0 saturated carbocycles. The maximum atomic E-state index is 5.81. The third-order valence-corrected chi connectivity index (χ3v) is 3.79. The van der Waals surface area contributed by atoms with Crippen molar-refractivity contribution in [1.29, 1.82) is 0 Å². The van der Waals surface area contributed by atoms with Crippen molar-refractivity contribution in [3.05, 3.63) is 58.3 Å². The van der Waals surface area contributed by atoms with Crippen LogP contribution in [0, 0.1) is 0 Å². The van der Waals surface area contributed by atoms with Gasteiger partial charge in [0, 0.05) is 23.3 Å². The molecule has 1 unspecified atom stereocenters. The maximum Gasteiger partial charge on any atom is 0.124 e. The minimum atomic E-state index is -0.0423. The van der Waals surface area contributed by atoms with Crippen LogP contribution in [0.15, 0.2) is 47.1 Å². The van der Waals surface area contributed by atoms with Crippen LogP contribution < -0.4 is 10.1 Å². The number of ether oxygens (including phenoxy) is 2. The normalized spacial score (nSPS) is 12.1. The average molecular weight is 351 g/mol. The largest absolute Gasteiger partial charge is 0.491 e. The van der Waals surface area contributed by atoms with E-state index in [2.05, 4.69) is 26.2 Å². The molecule has 0 aliphatic carbocycles. The van der Waals surface area contributed by atoms with Crippen molar-refractivity contribution in [1.82, 2.24) is 10.3 Å². The molecule has 112 valence electrons. The summed E-state index contributed by atoms with van der Waals surface area (Å²) in [6.45, 7) is 1.08. The number of pyridine rings is 1. The van der Waals surface area contributed by atoms with Gasteiger partial charge in [0.2, 0.25) is 0 Å². The van der Waals surface area contributed by atoms with E-state index in [0.717, 1.165) is 21.5 Å². The molecule has 1 N–H and O–H groups in total. The van der Waals surface area contributed by atoms with Crippen LogP contribution in [0.3, 0.4) is 0 Å². The fourth-order valence-corrected chi connectivity index (χ4v) is 2.62. The van der Waals surface area contributed by atoms with Gasteiger partial charge < -0.3 is 14.8 Å². The molecule has 0 fully saturated rings. The van der Waals surface area contributed by atoms with Gasteiger partial charge in [0.1, 0.15) is 12.4 Å². The van der Waals surface area contributed by atoms with Gasteiger partial charge in [-0.1, -0.05) is 18.2 Å². The van der Waals surface area contributed by atoms with Crippen LogP contribution in [0.5, 0.6) is 5.75 Å². The van der Waals surface area contributed by atoms with E-state index >= 15 is 0 Å². The molecule has 1 heterocycles.